The number of benzene rings is 3. The third kappa shape index (κ3) is 8.34. The van der Waals surface area contributed by atoms with Crippen LogP contribution in [0.3, 0.4) is 0 Å². The van der Waals surface area contributed by atoms with Crippen LogP contribution in [0.1, 0.15) is 19.8 Å². The van der Waals surface area contributed by atoms with Crippen LogP contribution in [0.5, 0.6) is 17.2 Å². The number of nitrogens with two attached hydrogens (primary N) is 1. The van der Waals surface area contributed by atoms with Gasteiger partial charge in [-0.05, 0) is 49.4 Å². The summed E-state index contributed by atoms with van der Waals surface area (Å²) in [5, 5.41) is 0. The Morgan fingerprint density at radius 1 is 0.630 bits per heavy atom. The van der Waals surface area contributed by atoms with E-state index in [9.17, 15) is 0 Å². The Kier molecular flexibility index (Phi) is 9.40. The van der Waals surface area contributed by atoms with Gasteiger partial charge in [0.2, 0.25) is 0 Å². The van der Waals surface area contributed by atoms with E-state index in [1.54, 1.807) is 0 Å². The Labute approximate surface area is 162 Å². The van der Waals surface area contributed by atoms with Crippen molar-refractivity contribution in [1.82, 2.24) is 0 Å². The van der Waals surface area contributed by atoms with Crippen molar-refractivity contribution in [1.29, 1.82) is 0 Å². The molecule has 0 saturated carbocycles. The van der Waals surface area contributed by atoms with Crippen molar-refractivity contribution in [2.45, 2.75) is 19.8 Å². The van der Waals surface area contributed by atoms with Crippen molar-refractivity contribution < 1.29 is 14.0 Å². The summed E-state index contributed by atoms with van der Waals surface area (Å²) in [7, 11) is -0.868. The number of rotatable bonds is 8. The lowest BCUT2D eigenvalue weighted by molar-refractivity contribution is 0.307. The molecule has 0 aromatic heterocycles. The summed E-state index contributed by atoms with van der Waals surface area (Å²) in [6.45, 7) is 2.98. The van der Waals surface area contributed by atoms with Gasteiger partial charge in [0.05, 0.1) is 0 Å². The van der Waals surface area contributed by atoms with Crippen LogP contribution in [0.25, 0.3) is 0 Å². The van der Waals surface area contributed by atoms with Crippen molar-refractivity contribution >= 4 is 7.32 Å². The fourth-order valence-electron chi connectivity index (χ4n) is 2.11. The number of hydrogen-bond acceptors (Lipinski definition) is 4. The summed E-state index contributed by atoms with van der Waals surface area (Å²) < 4.78 is 17.3. The molecule has 0 saturated heterocycles. The molecule has 3 aromatic carbocycles. The molecular weight excluding hydrogens is 337 g/mol. The van der Waals surface area contributed by atoms with E-state index in [1.165, 1.54) is 12.8 Å². The van der Waals surface area contributed by atoms with E-state index in [0.29, 0.717) is 17.2 Å². The highest BCUT2D eigenvalue weighted by Gasteiger charge is 2.29. The van der Waals surface area contributed by atoms with Crippen LogP contribution < -0.4 is 19.7 Å². The van der Waals surface area contributed by atoms with Gasteiger partial charge < -0.3 is 19.7 Å². The van der Waals surface area contributed by atoms with Gasteiger partial charge in [0.15, 0.2) is 0 Å². The summed E-state index contributed by atoms with van der Waals surface area (Å²) in [6.07, 6.45) is 2.39. The summed E-state index contributed by atoms with van der Waals surface area (Å²) >= 11 is 0. The maximum absolute atomic E-state index is 5.78. The Morgan fingerprint density at radius 2 is 0.963 bits per heavy atom. The molecule has 0 aliphatic rings. The first-order chi connectivity index (χ1) is 13.3. The fraction of sp³-hybridized carbons (Fsp3) is 0.182. The lowest BCUT2D eigenvalue weighted by Crippen LogP contribution is -2.36. The van der Waals surface area contributed by atoms with E-state index >= 15 is 0 Å². The second-order valence-electron chi connectivity index (χ2n) is 5.72. The minimum Gasteiger partial charge on any atom is -0.490 e. The standard InChI is InChI=1S/C18H15BO3.C4H11N/c1-4-10-16(11-5-1)20-19(21-17-12-6-2-7-13-17)22-18-14-8-3-9-15-18;1-2-3-4-5/h1-15H;2-5H2,1H3. The molecule has 0 heterocycles. The van der Waals surface area contributed by atoms with Crippen molar-refractivity contribution in [2.24, 2.45) is 5.73 Å². The monoisotopic (exact) mass is 363 g/mol. The van der Waals surface area contributed by atoms with Gasteiger partial charge in [-0.2, -0.15) is 0 Å². The van der Waals surface area contributed by atoms with E-state index < -0.39 is 7.32 Å². The average Bonchev–Trinajstić information content (AvgIpc) is 2.71. The molecule has 0 spiro atoms. The Bertz CT molecular complexity index is 626. The van der Waals surface area contributed by atoms with Gasteiger partial charge in [-0.1, -0.05) is 67.9 Å². The van der Waals surface area contributed by atoms with Gasteiger partial charge in [-0.15, -0.1) is 0 Å². The summed E-state index contributed by atoms with van der Waals surface area (Å²) in [5.74, 6) is 2.04. The topological polar surface area (TPSA) is 53.7 Å². The van der Waals surface area contributed by atoms with Gasteiger partial charge in [0, 0.05) is 0 Å². The van der Waals surface area contributed by atoms with E-state index in [1.807, 2.05) is 91.0 Å². The van der Waals surface area contributed by atoms with Gasteiger partial charge in [-0.3, -0.25) is 0 Å². The average molecular weight is 363 g/mol. The highest BCUT2D eigenvalue weighted by molar-refractivity contribution is 6.39. The minimum absolute atomic E-state index is 0.680. The molecule has 0 amide bonds. The van der Waals surface area contributed by atoms with E-state index in [0.717, 1.165) is 6.54 Å². The molecule has 3 aromatic rings. The zero-order valence-corrected chi connectivity index (χ0v) is 15.7. The first kappa shape index (κ1) is 20.4. The molecule has 0 bridgehead atoms. The van der Waals surface area contributed by atoms with Crippen molar-refractivity contribution in [3.8, 4) is 17.2 Å². The van der Waals surface area contributed by atoms with Crippen LogP contribution in [0.15, 0.2) is 91.0 Å². The predicted octanol–water partition coefficient (Wildman–Crippen LogP) is 4.95. The van der Waals surface area contributed by atoms with Crippen molar-refractivity contribution in [3.05, 3.63) is 91.0 Å². The van der Waals surface area contributed by atoms with Crippen LogP contribution in [0.2, 0.25) is 0 Å². The minimum atomic E-state index is -0.868. The number of para-hydroxylation sites is 3. The Morgan fingerprint density at radius 3 is 1.19 bits per heavy atom. The normalized spacial score (nSPS) is 9.56. The molecular formula is C22H26BNO3. The Balaban J connectivity index is 0.000000465. The van der Waals surface area contributed by atoms with Crippen LogP contribution in [0.4, 0.5) is 0 Å². The molecule has 0 atom stereocenters. The van der Waals surface area contributed by atoms with Crippen LogP contribution >= 0.6 is 0 Å². The molecule has 140 valence electrons. The molecule has 0 unspecified atom stereocenters. The number of hydrogen-bond donors (Lipinski definition) is 1. The van der Waals surface area contributed by atoms with E-state index in [2.05, 4.69) is 6.92 Å². The molecule has 4 nitrogen and oxygen atoms in total. The summed E-state index contributed by atoms with van der Waals surface area (Å²) in [4.78, 5) is 0. The molecule has 5 heteroatoms. The van der Waals surface area contributed by atoms with Gasteiger partial charge in [0.1, 0.15) is 17.2 Å². The van der Waals surface area contributed by atoms with Crippen molar-refractivity contribution in [2.75, 3.05) is 6.54 Å². The third-order valence-corrected chi connectivity index (χ3v) is 3.48. The second-order valence-corrected chi connectivity index (χ2v) is 5.72. The predicted molar refractivity (Wildman–Crippen MR) is 111 cm³/mol. The smallest absolute Gasteiger partial charge is 0.490 e. The maximum Gasteiger partial charge on any atom is 0.864 e. The Hall–Kier alpha value is -2.92. The first-order valence-electron chi connectivity index (χ1n) is 9.17. The zero-order chi connectivity index (χ0) is 19.2. The zero-order valence-electron chi connectivity index (χ0n) is 15.7. The lowest BCUT2D eigenvalue weighted by Gasteiger charge is -2.16. The van der Waals surface area contributed by atoms with Gasteiger partial charge >= 0.3 is 7.32 Å². The van der Waals surface area contributed by atoms with E-state index in [-0.39, 0.29) is 0 Å². The second kappa shape index (κ2) is 12.4. The third-order valence-electron chi connectivity index (χ3n) is 3.48. The van der Waals surface area contributed by atoms with E-state index in [4.69, 9.17) is 19.7 Å². The van der Waals surface area contributed by atoms with Gasteiger partial charge in [-0.25, -0.2) is 0 Å². The largest absolute Gasteiger partial charge is 0.864 e. The summed E-state index contributed by atoms with van der Waals surface area (Å²) in [6, 6.07) is 28.3. The molecule has 2 N–H and O–H groups in total. The van der Waals surface area contributed by atoms with Gasteiger partial charge in [0.25, 0.3) is 0 Å². The quantitative estimate of drug-likeness (QED) is 0.575. The van der Waals surface area contributed by atoms with Crippen molar-refractivity contribution in [3.63, 3.8) is 0 Å². The fourth-order valence-corrected chi connectivity index (χ4v) is 2.11. The SMILES string of the molecule is CCCCN.c1ccc(OB(Oc2ccccc2)Oc2ccccc2)cc1. The number of unbranched alkanes of at least 4 members (excludes halogenated alkanes) is 1. The molecule has 0 radical (unpaired) electrons. The lowest BCUT2D eigenvalue weighted by atomic mass is 10.2. The van der Waals surface area contributed by atoms with Crippen LogP contribution in [-0.4, -0.2) is 13.9 Å². The highest BCUT2D eigenvalue weighted by atomic mass is 16.7. The van der Waals surface area contributed by atoms with Crippen LogP contribution in [0, 0.1) is 0 Å². The molecule has 0 aliphatic heterocycles. The van der Waals surface area contributed by atoms with Crippen LogP contribution in [-0.2, 0) is 0 Å². The molecule has 3 rings (SSSR count). The molecule has 27 heavy (non-hydrogen) atoms. The molecule has 0 aliphatic carbocycles. The first-order valence-corrected chi connectivity index (χ1v) is 9.17. The molecule has 0 fully saturated rings. The summed E-state index contributed by atoms with van der Waals surface area (Å²) in [5.41, 5.74) is 5.14. The highest BCUT2D eigenvalue weighted by Crippen LogP contribution is 2.17. The maximum atomic E-state index is 5.78.